The van der Waals surface area contributed by atoms with Gasteiger partial charge >= 0.3 is 0 Å². The van der Waals surface area contributed by atoms with Crippen LogP contribution in [0.3, 0.4) is 0 Å². The summed E-state index contributed by atoms with van der Waals surface area (Å²) in [6, 6.07) is 5.18. The summed E-state index contributed by atoms with van der Waals surface area (Å²) in [5.74, 6) is 0.761. The van der Waals surface area contributed by atoms with Crippen molar-refractivity contribution in [3.8, 4) is 5.75 Å². The quantitative estimate of drug-likeness (QED) is 0.548. The van der Waals surface area contributed by atoms with Gasteiger partial charge in [0.05, 0.1) is 4.90 Å². The molecule has 2 heterocycles. The van der Waals surface area contributed by atoms with Crippen LogP contribution in [-0.4, -0.2) is 57.5 Å². The second kappa shape index (κ2) is 10.5. The molecule has 36 heavy (non-hydrogen) atoms. The van der Waals surface area contributed by atoms with Gasteiger partial charge in [0.15, 0.2) is 0 Å². The Labute approximate surface area is 215 Å². The zero-order valence-electron chi connectivity index (χ0n) is 21.9. The normalized spacial score (nSPS) is 22.9. The third-order valence-electron chi connectivity index (χ3n) is 7.55. The van der Waals surface area contributed by atoms with E-state index in [-0.39, 0.29) is 10.8 Å². The van der Waals surface area contributed by atoms with Crippen LogP contribution in [0.1, 0.15) is 58.9 Å². The van der Waals surface area contributed by atoms with E-state index in [1.54, 1.807) is 18.2 Å². The minimum atomic E-state index is -3.62. The largest absolute Gasteiger partial charge is 0.482 e. The number of carbonyl (C=O) groups is 1. The SMILES string of the molecule is CCCNS(=O)(=O)c1ccc2c(c1)C(C1(C)C=CC(C(=O)N(CC)CC)=CC1)=CC1(CCNCC1)O2. The molecule has 0 bridgehead atoms. The number of piperidine rings is 1. The summed E-state index contributed by atoms with van der Waals surface area (Å²) < 4.78 is 35.1. The fourth-order valence-electron chi connectivity index (χ4n) is 5.24. The number of carbonyl (C=O) groups excluding carboxylic acids is 1. The first kappa shape index (κ1) is 26.6. The number of ether oxygens (including phenoxy) is 1. The number of benzene rings is 1. The van der Waals surface area contributed by atoms with Crippen molar-refractivity contribution in [2.75, 3.05) is 32.7 Å². The van der Waals surface area contributed by atoms with E-state index in [9.17, 15) is 13.2 Å². The average Bonchev–Trinajstić information content (AvgIpc) is 2.88. The van der Waals surface area contributed by atoms with E-state index in [4.69, 9.17) is 4.74 Å². The third kappa shape index (κ3) is 5.17. The van der Waals surface area contributed by atoms with Crippen LogP contribution >= 0.6 is 0 Å². The first-order chi connectivity index (χ1) is 17.2. The van der Waals surface area contributed by atoms with Gasteiger partial charge in [-0.15, -0.1) is 0 Å². The Kier molecular flexibility index (Phi) is 7.78. The number of nitrogens with one attached hydrogen (secondary N) is 2. The Morgan fingerprint density at radius 3 is 2.50 bits per heavy atom. The van der Waals surface area contributed by atoms with Crippen LogP contribution in [0.25, 0.3) is 5.57 Å². The number of likely N-dealkylation sites (N-methyl/N-ethyl adjacent to an activating group) is 1. The van der Waals surface area contributed by atoms with E-state index in [0.717, 1.165) is 43.5 Å². The molecule has 3 aliphatic rings. The van der Waals surface area contributed by atoms with E-state index in [1.165, 1.54) is 0 Å². The smallest absolute Gasteiger partial charge is 0.253 e. The fourth-order valence-corrected chi connectivity index (χ4v) is 6.40. The first-order valence-electron chi connectivity index (χ1n) is 13.1. The maximum absolute atomic E-state index is 12.9. The second-order valence-corrected chi connectivity index (χ2v) is 11.9. The molecule has 1 spiro atoms. The lowest BCUT2D eigenvalue weighted by atomic mass is 9.70. The Bertz CT molecular complexity index is 1190. The molecule has 0 aromatic heterocycles. The van der Waals surface area contributed by atoms with Crippen LogP contribution in [0.5, 0.6) is 5.75 Å². The van der Waals surface area contributed by atoms with E-state index in [1.807, 2.05) is 37.8 Å². The van der Waals surface area contributed by atoms with Gasteiger partial charge in [0, 0.05) is 49.0 Å². The van der Waals surface area contributed by atoms with E-state index in [2.05, 4.69) is 29.1 Å². The Balaban J connectivity index is 1.74. The average molecular weight is 514 g/mol. The summed E-state index contributed by atoms with van der Waals surface area (Å²) in [5.41, 5.74) is 1.74. The molecule has 1 aromatic carbocycles. The molecule has 1 aromatic rings. The summed E-state index contributed by atoms with van der Waals surface area (Å²) in [7, 11) is -3.62. The lowest BCUT2D eigenvalue weighted by molar-refractivity contribution is -0.126. The van der Waals surface area contributed by atoms with Crippen LogP contribution in [0.4, 0.5) is 0 Å². The number of allylic oxidation sites excluding steroid dienone is 3. The first-order valence-corrected chi connectivity index (χ1v) is 14.6. The van der Waals surface area contributed by atoms with Crippen LogP contribution < -0.4 is 14.8 Å². The summed E-state index contributed by atoms with van der Waals surface area (Å²) >= 11 is 0. The highest BCUT2D eigenvalue weighted by Gasteiger charge is 2.42. The van der Waals surface area contributed by atoms with Gasteiger partial charge in [-0.2, -0.15) is 0 Å². The molecular weight excluding hydrogens is 474 g/mol. The van der Waals surface area contributed by atoms with Crippen LogP contribution in [-0.2, 0) is 14.8 Å². The predicted molar refractivity (Wildman–Crippen MR) is 143 cm³/mol. The van der Waals surface area contributed by atoms with Crippen molar-refractivity contribution in [2.24, 2.45) is 5.41 Å². The zero-order chi connectivity index (χ0) is 26.0. The van der Waals surface area contributed by atoms with Crippen molar-refractivity contribution in [3.05, 3.63) is 53.6 Å². The molecule has 1 amide bonds. The molecule has 1 fully saturated rings. The minimum absolute atomic E-state index is 0.0462. The number of fused-ring (bicyclic) bond motifs is 1. The zero-order valence-corrected chi connectivity index (χ0v) is 22.7. The number of nitrogens with zero attached hydrogens (tertiary/aromatic N) is 1. The molecule has 1 atom stereocenters. The molecule has 2 N–H and O–H groups in total. The summed E-state index contributed by atoms with van der Waals surface area (Å²) in [6.45, 7) is 11.5. The number of amides is 1. The van der Waals surface area contributed by atoms with Crippen LogP contribution in [0, 0.1) is 5.41 Å². The third-order valence-corrected chi connectivity index (χ3v) is 9.01. The van der Waals surface area contributed by atoms with Gasteiger partial charge in [0.25, 0.3) is 5.91 Å². The number of hydrogen-bond donors (Lipinski definition) is 2. The van der Waals surface area contributed by atoms with E-state index >= 15 is 0 Å². The Hall–Kier alpha value is -2.42. The summed E-state index contributed by atoms with van der Waals surface area (Å²) in [4.78, 5) is 15.0. The molecule has 196 valence electrons. The van der Waals surface area contributed by atoms with Crippen molar-refractivity contribution in [3.63, 3.8) is 0 Å². The van der Waals surface area contributed by atoms with Crippen molar-refractivity contribution < 1.29 is 17.9 Å². The molecule has 1 aliphatic carbocycles. The second-order valence-electron chi connectivity index (χ2n) is 10.1. The maximum Gasteiger partial charge on any atom is 0.253 e. The molecule has 8 heteroatoms. The Morgan fingerprint density at radius 2 is 1.89 bits per heavy atom. The number of hydrogen-bond acceptors (Lipinski definition) is 5. The lowest BCUT2D eigenvalue weighted by Gasteiger charge is -2.43. The van der Waals surface area contributed by atoms with Gasteiger partial charge in [-0.25, -0.2) is 13.1 Å². The molecule has 0 saturated carbocycles. The summed E-state index contributed by atoms with van der Waals surface area (Å²) in [6.07, 6.45) is 11.3. The topological polar surface area (TPSA) is 87.7 Å². The highest BCUT2D eigenvalue weighted by molar-refractivity contribution is 7.89. The van der Waals surface area contributed by atoms with Crippen molar-refractivity contribution >= 4 is 21.5 Å². The Morgan fingerprint density at radius 1 is 1.17 bits per heavy atom. The molecule has 1 saturated heterocycles. The maximum atomic E-state index is 12.9. The number of sulfonamides is 1. The van der Waals surface area contributed by atoms with Gasteiger partial charge in [-0.3, -0.25) is 4.79 Å². The highest BCUT2D eigenvalue weighted by atomic mass is 32.2. The number of rotatable bonds is 8. The highest BCUT2D eigenvalue weighted by Crippen LogP contribution is 2.51. The summed E-state index contributed by atoms with van der Waals surface area (Å²) in [5, 5.41) is 3.41. The predicted octanol–water partition coefficient (Wildman–Crippen LogP) is 4.03. The van der Waals surface area contributed by atoms with Gasteiger partial charge in [-0.05, 0) is 69.6 Å². The van der Waals surface area contributed by atoms with Crippen LogP contribution in [0.15, 0.2) is 53.0 Å². The van der Waals surface area contributed by atoms with E-state index < -0.39 is 21.0 Å². The molecule has 2 aliphatic heterocycles. The van der Waals surface area contributed by atoms with E-state index in [0.29, 0.717) is 37.4 Å². The molecule has 7 nitrogen and oxygen atoms in total. The fraction of sp³-hybridized carbons (Fsp3) is 0.536. The van der Waals surface area contributed by atoms with Crippen molar-refractivity contribution in [1.29, 1.82) is 0 Å². The van der Waals surface area contributed by atoms with Crippen molar-refractivity contribution in [1.82, 2.24) is 14.9 Å². The minimum Gasteiger partial charge on any atom is -0.482 e. The standard InChI is InChI=1S/C28H39N3O4S/c1-5-16-30-36(33,34)22-8-9-25-23(19-22)24(20-28(35-25)14-17-29-18-15-28)27(4)12-10-21(11-13-27)26(32)31(6-2)7-3/h8-12,19-20,29-30H,5-7,13-18H2,1-4H3. The monoisotopic (exact) mass is 513 g/mol. The van der Waals surface area contributed by atoms with Gasteiger partial charge < -0.3 is 15.0 Å². The van der Waals surface area contributed by atoms with Gasteiger partial charge in [-0.1, -0.05) is 32.1 Å². The molecule has 1 unspecified atom stereocenters. The van der Waals surface area contributed by atoms with Gasteiger partial charge in [0.2, 0.25) is 10.0 Å². The molecular formula is C28H39N3O4S. The molecule has 4 rings (SSSR count). The van der Waals surface area contributed by atoms with Gasteiger partial charge in [0.1, 0.15) is 11.4 Å². The van der Waals surface area contributed by atoms with Crippen LogP contribution in [0.2, 0.25) is 0 Å². The molecule has 0 radical (unpaired) electrons. The van der Waals surface area contributed by atoms with Crippen molar-refractivity contribution in [2.45, 2.75) is 63.9 Å². The lowest BCUT2D eigenvalue weighted by Crippen LogP contribution is -2.47.